The van der Waals surface area contributed by atoms with E-state index in [4.69, 9.17) is 10.2 Å². The molecule has 0 atom stereocenters. The van der Waals surface area contributed by atoms with Gasteiger partial charge in [-0.25, -0.2) is 0 Å². The molecule has 0 aromatic carbocycles. The zero-order valence-corrected chi connectivity index (χ0v) is 8.40. The van der Waals surface area contributed by atoms with Crippen molar-refractivity contribution >= 4 is 5.91 Å². The highest BCUT2D eigenvalue weighted by Gasteiger charge is 2.08. The van der Waals surface area contributed by atoms with Gasteiger partial charge in [0.2, 0.25) is 5.91 Å². The van der Waals surface area contributed by atoms with Gasteiger partial charge in [-0.2, -0.15) is 0 Å². The standard InChI is InChI=1S/C10H16N2O2/c1-12(7-6-11)10(13)5-4-9-3-2-8-14-9/h2-3,8H,4-7,11H2,1H3. The molecular formula is C10H16N2O2. The molecule has 0 bridgehead atoms. The van der Waals surface area contributed by atoms with Gasteiger partial charge in [0.1, 0.15) is 5.76 Å². The molecule has 4 nitrogen and oxygen atoms in total. The minimum absolute atomic E-state index is 0.104. The number of nitrogens with zero attached hydrogens (tertiary/aromatic N) is 1. The van der Waals surface area contributed by atoms with E-state index in [1.807, 2.05) is 12.1 Å². The number of rotatable bonds is 5. The third-order valence-corrected chi connectivity index (χ3v) is 2.06. The van der Waals surface area contributed by atoms with Crippen LogP contribution in [-0.4, -0.2) is 30.9 Å². The van der Waals surface area contributed by atoms with Gasteiger partial charge in [-0.05, 0) is 12.1 Å². The van der Waals surface area contributed by atoms with Crippen LogP contribution < -0.4 is 5.73 Å². The van der Waals surface area contributed by atoms with Crippen molar-refractivity contribution in [3.8, 4) is 0 Å². The lowest BCUT2D eigenvalue weighted by Crippen LogP contribution is -2.31. The first-order chi connectivity index (χ1) is 6.74. The Balaban J connectivity index is 2.27. The number of hydrogen-bond acceptors (Lipinski definition) is 3. The van der Waals surface area contributed by atoms with Crippen LogP contribution in [0.5, 0.6) is 0 Å². The number of furan rings is 1. The third kappa shape index (κ3) is 3.22. The third-order valence-electron chi connectivity index (χ3n) is 2.06. The number of carbonyl (C=O) groups excluding carboxylic acids is 1. The smallest absolute Gasteiger partial charge is 0.222 e. The highest BCUT2D eigenvalue weighted by atomic mass is 16.3. The predicted octanol–water partition coefficient (Wildman–Crippen LogP) is 0.629. The molecule has 0 fully saturated rings. The SMILES string of the molecule is CN(CCN)C(=O)CCc1ccco1. The molecule has 4 heteroatoms. The molecule has 0 aliphatic heterocycles. The lowest BCUT2D eigenvalue weighted by atomic mass is 10.2. The van der Waals surface area contributed by atoms with Crippen LogP contribution in [0, 0.1) is 0 Å². The number of likely N-dealkylation sites (N-methyl/N-ethyl adjacent to an activating group) is 1. The zero-order chi connectivity index (χ0) is 10.4. The molecule has 0 saturated carbocycles. The number of amides is 1. The van der Waals surface area contributed by atoms with Crippen molar-refractivity contribution in [1.82, 2.24) is 4.90 Å². The number of nitrogens with two attached hydrogens (primary N) is 1. The minimum atomic E-state index is 0.104. The maximum atomic E-state index is 11.5. The summed E-state index contributed by atoms with van der Waals surface area (Å²) in [6, 6.07) is 3.69. The first-order valence-electron chi connectivity index (χ1n) is 4.70. The van der Waals surface area contributed by atoms with E-state index in [0.717, 1.165) is 5.76 Å². The molecule has 1 amide bonds. The van der Waals surface area contributed by atoms with Gasteiger partial charge in [-0.15, -0.1) is 0 Å². The van der Waals surface area contributed by atoms with E-state index in [0.29, 0.717) is 25.9 Å². The van der Waals surface area contributed by atoms with Crippen LogP contribution >= 0.6 is 0 Å². The summed E-state index contributed by atoms with van der Waals surface area (Å²) in [6.07, 6.45) is 2.74. The van der Waals surface area contributed by atoms with Crippen molar-refractivity contribution in [2.45, 2.75) is 12.8 Å². The fourth-order valence-corrected chi connectivity index (χ4v) is 1.19. The van der Waals surface area contributed by atoms with Crippen molar-refractivity contribution in [2.24, 2.45) is 5.73 Å². The molecule has 0 radical (unpaired) electrons. The molecule has 78 valence electrons. The molecule has 2 N–H and O–H groups in total. The van der Waals surface area contributed by atoms with E-state index >= 15 is 0 Å². The lowest BCUT2D eigenvalue weighted by Gasteiger charge is -2.15. The Hall–Kier alpha value is -1.29. The first-order valence-corrected chi connectivity index (χ1v) is 4.70. The Labute approximate surface area is 83.7 Å². The highest BCUT2D eigenvalue weighted by Crippen LogP contribution is 2.04. The number of hydrogen-bond donors (Lipinski definition) is 1. The van der Waals surface area contributed by atoms with Gasteiger partial charge in [0.25, 0.3) is 0 Å². The Morgan fingerprint density at radius 1 is 1.64 bits per heavy atom. The molecule has 1 heterocycles. The maximum Gasteiger partial charge on any atom is 0.222 e. The summed E-state index contributed by atoms with van der Waals surface area (Å²) in [5, 5.41) is 0. The Bertz CT molecular complexity index is 270. The van der Waals surface area contributed by atoms with Gasteiger partial charge in [0, 0.05) is 33.0 Å². The maximum absolute atomic E-state index is 11.5. The van der Waals surface area contributed by atoms with Crippen LogP contribution in [0.25, 0.3) is 0 Å². The molecule has 0 unspecified atom stereocenters. The second kappa shape index (κ2) is 5.44. The van der Waals surface area contributed by atoms with Crippen LogP contribution in [0.3, 0.4) is 0 Å². The van der Waals surface area contributed by atoms with Crippen molar-refractivity contribution in [1.29, 1.82) is 0 Å². The molecule has 1 aromatic rings. The van der Waals surface area contributed by atoms with E-state index < -0.39 is 0 Å². The monoisotopic (exact) mass is 196 g/mol. The quantitative estimate of drug-likeness (QED) is 0.751. The van der Waals surface area contributed by atoms with Gasteiger partial charge in [-0.1, -0.05) is 0 Å². The molecule has 0 spiro atoms. The van der Waals surface area contributed by atoms with E-state index in [9.17, 15) is 4.79 Å². The molecular weight excluding hydrogens is 180 g/mol. The minimum Gasteiger partial charge on any atom is -0.469 e. The predicted molar refractivity (Wildman–Crippen MR) is 53.7 cm³/mol. The molecule has 14 heavy (non-hydrogen) atoms. The van der Waals surface area contributed by atoms with Gasteiger partial charge < -0.3 is 15.1 Å². The Morgan fingerprint density at radius 3 is 3.00 bits per heavy atom. The summed E-state index contributed by atoms with van der Waals surface area (Å²) in [4.78, 5) is 13.1. The normalized spacial score (nSPS) is 10.1. The fraction of sp³-hybridized carbons (Fsp3) is 0.500. The molecule has 1 aromatic heterocycles. The fourth-order valence-electron chi connectivity index (χ4n) is 1.19. The average Bonchev–Trinajstić information content (AvgIpc) is 2.67. The van der Waals surface area contributed by atoms with Gasteiger partial charge in [0.05, 0.1) is 6.26 Å². The van der Waals surface area contributed by atoms with E-state index in [1.54, 1.807) is 18.2 Å². The number of aryl methyl sites for hydroxylation is 1. The summed E-state index contributed by atoms with van der Waals surface area (Å²) in [7, 11) is 1.76. The number of carbonyl (C=O) groups is 1. The highest BCUT2D eigenvalue weighted by molar-refractivity contribution is 5.76. The summed E-state index contributed by atoms with van der Waals surface area (Å²) < 4.78 is 5.13. The van der Waals surface area contributed by atoms with Crippen molar-refractivity contribution in [2.75, 3.05) is 20.1 Å². The van der Waals surface area contributed by atoms with Crippen molar-refractivity contribution in [3.63, 3.8) is 0 Å². The van der Waals surface area contributed by atoms with Crippen LogP contribution in [0.1, 0.15) is 12.2 Å². The zero-order valence-electron chi connectivity index (χ0n) is 8.40. The molecule has 0 aliphatic rings. The van der Waals surface area contributed by atoms with Crippen molar-refractivity contribution < 1.29 is 9.21 Å². The lowest BCUT2D eigenvalue weighted by molar-refractivity contribution is -0.129. The van der Waals surface area contributed by atoms with Gasteiger partial charge in [-0.3, -0.25) is 4.79 Å². The van der Waals surface area contributed by atoms with Crippen LogP contribution in [-0.2, 0) is 11.2 Å². The summed E-state index contributed by atoms with van der Waals surface area (Å²) in [5.41, 5.74) is 5.35. The topological polar surface area (TPSA) is 59.5 Å². The van der Waals surface area contributed by atoms with E-state index in [2.05, 4.69) is 0 Å². The molecule has 0 aliphatic carbocycles. The first kappa shape index (κ1) is 10.8. The summed E-state index contributed by atoms with van der Waals surface area (Å²) in [6.45, 7) is 1.11. The van der Waals surface area contributed by atoms with Gasteiger partial charge >= 0.3 is 0 Å². The summed E-state index contributed by atoms with van der Waals surface area (Å²) >= 11 is 0. The van der Waals surface area contributed by atoms with Crippen LogP contribution in [0.4, 0.5) is 0 Å². The Morgan fingerprint density at radius 2 is 2.43 bits per heavy atom. The second-order valence-electron chi connectivity index (χ2n) is 3.18. The van der Waals surface area contributed by atoms with E-state index in [-0.39, 0.29) is 5.91 Å². The largest absolute Gasteiger partial charge is 0.469 e. The molecule has 0 saturated heterocycles. The van der Waals surface area contributed by atoms with Gasteiger partial charge in [0.15, 0.2) is 0 Å². The molecule has 1 rings (SSSR count). The van der Waals surface area contributed by atoms with Crippen LogP contribution in [0.2, 0.25) is 0 Å². The Kier molecular flexibility index (Phi) is 4.19. The van der Waals surface area contributed by atoms with E-state index in [1.165, 1.54) is 0 Å². The average molecular weight is 196 g/mol. The second-order valence-corrected chi connectivity index (χ2v) is 3.18. The van der Waals surface area contributed by atoms with Crippen molar-refractivity contribution in [3.05, 3.63) is 24.2 Å². The summed E-state index contributed by atoms with van der Waals surface area (Å²) in [5.74, 6) is 0.950. The van der Waals surface area contributed by atoms with Crippen LogP contribution in [0.15, 0.2) is 22.8 Å².